The maximum absolute atomic E-state index is 12.2. The lowest BCUT2D eigenvalue weighted by atomic mass is 10.2. The Balaban J connectivity index is 2.70. The smallest absolute Gasteiger partial charge is 0.274 e. The quantitative estimate of drug-likeness (QED) is 0.821. The third kappa shape index (κ3) is 4.85. The molecule has 0 saturated carbocycles. The first-order valence-corrected chi connectivity index (χ1v) is 6.93. The van der Waals surface area contributed by atoms with Crippen molar-refractivity contribution >= 4 is 11.7 Å². The highest BCUT2D eigenvalue weighted by Crippen LogP contribution is 2.07. The first kappa shape index (κ1) is 15.4. The first-order valence-electron chi connectivity index (χ1n) is 6.93. The standard InChI is InChI=1S/C14H24N4O/c1-5-7-15-13-9-16-12(8-17-13)14(19)18(6-2)10-11(3)4/h8-9,11H,5-7,10H2,1-4H3,(H,15,17). The summed E-state index contributed by atoms with van der Waals surface area (Å²) in [6, 6.07) is 0. The van der Waals surface area contributed by atoms with Crippen molar-refractivity contribution in [2.75, 3.05) is 25.0 Å². The Morgan fingerprint density at radius 3 is 2.53 bits per heavy atom. The Labute approximate surface area is 115 Å². The second kappa shape index (κ2) is 7.71. The zero-order chi connectivity index (χ0) is 14.3. The number of carbonyl (C=O) groups excluding carboxylic acids is 1. The molecule has 1 heterocycles. The van der Waals surface area contributed by atoms with Gasteiger partial charge in [0.2, 0.25) is 0 Å². The van der Waals surface area contributed by atoms with Crippen LogP contribution >= 0.6 is 0 Å². The normalized spacial score (nSPS) is 10.6. The number of anilines is 1. The zero-order valence-corrected chi connectivity index (χ0v) is 12.3. The van der Waals surface area contributed by atoms with E-state index in [9.17, 15) is 4.79 Å². The van der Waals surface area contributed by atoms with E-state index in [0.717, 1.165) is 19.5 Å². The molecule has 0 aliphatic rings. The van der Waals surface area contributed by atoms with Gasteiger partial charge in [-0.25, -0.2) is 9.97 Å². The minimum Gasteiger partial charge on any atom is -0.369 e. The van der Waals surface area contributed by atoms with Crippen LogP contribution in [0, 0.1) is 5.92 Å². The molecule has 0 fully saturated rings. The van der Waals surface area contributed by atoms with Crippen molar-refractivity contribution in [2.24, 2.45) is 5.92 Å². The molecule has 19 heavy (non-hydrogen) atoms. The summed E-state index contributed by atoms with van der Waals surface area (Å²) in [6.45, 7) is 10.5. The molecular formula is C14H24N4O. The minimum atomic E-state index is -0.0502. The number of aromatic nitrogens is 2. The Morgan fingerprint density at radius 2 is 2.05 bits per heavy atom. The van der Waals surface area contributed by atoms with E-state index < -0.39 is 0 Å². The number of rotatable bonds is 7. The molecule has 0 aliphatic heterocycles. The van der Waals surface area contributed by atoms with Crippen LogP contribution in [0.5, 0.6) is 0 Å². The molecule has 0 aliphatic carbocycles. The fourth-order valence-electron chi connectivity index (χ4n) is 1.74. The number of nitrogens with zero attached hydrogens (tertiary/aromatic N) is 3. The molecule has 0 unspecified atom stereocenters. The number of carbonyl (C=O) groups is 1. The number of hydrogen-bond donors (Lipinski definition) is 1. The van der Waals surface area contributed by atoms with Gasteiger partial charge in [-0.15, -0.1) is 0 Å². The molecule has 5 heteroatoms. The van der Waals surface area contributed by atoms with Gasteiger partial charge in [0.05, 0.1) is 12.4 Å². The number of amides is 1. The highest BCUT2D eigenvalue weighted by molar-refractivity contribution is 5.92. The molecule has 1 aromatic heterocycles. The van der Waals surface area contributed by atoms with Crippen molar-refractivity contribution in [3.8, 4) is 0 Å². The van der Waals surface area contributed by atoms with Gasteiger partial charge in [-0.1, -0.05) is 20.8 Å². The highest BCUT2D eigenvalue weighted by atomic mass is 16.2. The molecule has 1 aromatic rings. The van der Waals surface area contributed by atoms with Crippen LogP contribution in [0.2, 0.25) is 0 Å². The average molecular weight is 264 g/mol. The molecule has 0 aromatic carbocycles. The van der Waals surface area contributed by atoms with Crippen LogP contribution in [-0.2, 0) is 0 Å². The van der Waals surface area contributed by atoms with E-state index in [1.165, 1.54) is 0 Å². The van der Waals surface area contributed by atoms with Crippen molar-refractivity contribution in [3.05, 3.63) is 18.1 Å². The lowest BCUT2D eigenvalue weighted by Gasteiger charge is -2.22. The lowest BCUT2D eigenvalue weighted by molar-refractivity contribution is 0.0739. The van der Waals surface area contributed by atoms with Crippen LogP contribution < -0.4 is 5.32 Å². The molecule has 1 N–H and O–H groups in total. The van der Waals surface area contributed by atoms with Crippen molar-refractivity contribution < 1.29 is 4.79 Å². The summed E-state index contributed by atoms with van der Waals surface area (Å²) in [5.74, 6) is 1.11. The fourth-order valence-corrected chi connectivity index (χ4v) is 1.74. The van der Waals surface area contributed by atoms with Crippen molar-refractivity contribution in [1.29, 1.82) is 0 Å². The van der Waals surface area contributed by atoms with Crippen LogP contribution in [0.15, 0.2) is 12.4 Å². The number of nitrogens with one attached hydrogen (secondary N) is 1. The van der Waals surface area contributed by atoms with E-state index in [-0.39, 0.29) is 5.91 Å². The van der Waals surface area contributed by atoms with Gasteiger partial charge in [0, 0.05) is 19.6 Å². The van der Waals surface area contributed by atoms with Gasteiger partial charge in [-0.3, -0.25) is 4.79 Å². The molecule has 0 spiro atoms. The zero-order valence-electron chi connectivity index (χ0n) is 12.3. The summed E-state index contributed by atoms with van der Waals surface area (Å²) in [5.41, 5.74) is 0.407. The summed E-state index contributed by atoms with van der Waals surface area (Å²) >= 11 is 0. The van der Waals surface area contributed by atoms with E-state index in [0.29, 0.717) is 24.0 Å². The fraction of sp³-hybridized carbons (Fsp3) is 0.643. The van der Waals surface area contributed by atoms with Gasteiger partial charge >= 0.3 is 0 Å². The predicted molar refractivity (Wildman–Crippen MR) is 77.2 cm³/mol. The monoisotopic (exact) mass is 264 g/mol. The maximum atomic E-state index is 12.2. The van der Waals surface area contributed by atoms with Gasteiger partial charge in [0.15, 0.2) is 0 Å². The van der Waals surface area contributed by atoms with Gasteiger partial charge in [-0.05, 0) is 19.3 Å². The largest absolute Gasteiger partial charge is 0.369 e. The second-order valence-corrected chi connectivity index (χ2v) is 4.95. The molecule has 1 rings (SSSR count). The third-order valence-corrected chi connectivity index (χ3v) is 2.68. The van der Waals surface area contributed by atoms with Gasteiger partial charge in [-0.2, -0.15) is 0 Å². The summed E-state index contributed by atoms with van der Waals surface area (Å²) in [6.07, 6.45) is 4.19. The summed E-state index contributed by atoms with van der Waals surface area (Å²) in [7, 11) is 0. The van der Waals surface area contributed by atoms with Crippen LogP contribution in [0.3, 0.4) is 0 Å². The van der Waals surface area contributed by atoms with Crippen LogP contribution in [0.25, 0.3) is 0 Å². The molecular weight excluding hydrogens is 240 g/mol. The Morgan fingerprint density at radius 1 is 1.32 bits per heavy atom. The highest BCUT2D eigenvalue weighted by Gasteiger charge is 2.16. The Kier molecular flexibility index (Phi) is 6.25. The molecule has 5 nitrogen and oxygen atoms in total. The third-order valence-electron chi connectivity index (χ3n) is 2.68. The number of hydrogen-bond acceptors (Lipinski definition) is 4. The van der Waals surface area contributed by atoms with E-state index >= 15 is 0 Å². The molecule has 0 radical (unpaired) electrons. The molecule has 0 bridgehead atoms. The predicted octanol–water partition coefficient (Wildman–Crippen LogP) is 2.42. The van der Waals surface area contributed by atoms with Gasteiger partial charge in [0.1, 0.15) is 11.5 Å². The van der Waals surface area contributed by atoms with Crippen LogP contribution in [0.1, 0.15) is 44.6 Å². The van der Waals surface area contributed by atoms with E-state index in [4.69, 9.17) is 0 Å². The SMILES string of the molecule is CCCNc1cnc(C(=O)N(CC)CC(C)C)cn1. The molecule has 1 amide bonds. The van der Waals surface area contributed by atoms with Crippen LogP contribution in [-0.4, -0.2) is 40.4 Å². The van der Waals surface area contributed by atoms with Crippen molar-refractivity contribution in [3.63, 3.8) is 0 Å². The minimum absolute atomic E-state index is 0.0502. The lowest BCUT2D eigenvalue weighted by Crippen LogP contribution is -2.34. The van der Waals surface area contributed by atoms with Crippen LogP contribution in [0.4, 0.5) is 5.82 Å². The van der Waals surface area contributed by atoms with Crippen molar-refractivity contribution in [2.45, 2.75) is 34.1 Å². The summed E-state index contributed by atoms with van der Waals surface area (Å²) < 4.78 is 0. The summed E-state index contributed by atoms with van der Waals surface area (Å²) in [4.78, 5) is 22.4. The first-order chi connectivity index (χ1) is 9.08. The molecule has 0 atom stereocenters. The molecule has 0 saturated heterocycles. The molecule has 106 valence electrons. The van der Waals surface area contributed by atoms with E-state index in [1.54, 1.807) is 17.3 Å². The maximum Gasteiger partial charge on any atom is 0.274 e. The van der Waals surface area contributed by atoms with E-state index in [1.807, 2.05) is 6.92 Å². The Bertz CT molecular complexity index is 389. The van der Waals surface area contributed by atoms with E-state index in [2.05, 4.69) is 36.1 Å². The Hall–Kier alpha value is -1.65. The second-order valence-electron chi connectivity index (χ2n) is 4.95. The average Bonchev–Trinajstić information content (AvgIpc) is 2.42. The summed E-state index contributed by atoms with van der Waals surface area (Å²) in [5, 5.41) is 3.14. The van der Waals surface area contributed by atoms with Crippen molar-refractivity contribution in [1.82, 2.24) is 14.9 Å². The van der Waals surface area contributed by atoms with Gasteiger partial charge < -0.3 is 10.2 Å². The topological polar surface area (TPSA) is 58.1 Å². The van der Waals surface area contributed by atoms with Gasteiger partial charge in [0.25, 0.3) is 5.91 Å².